The van der Waals surface area contributed by atoms with E-state index in [1.807, 2.05) is 24.3 Å². The van der Waals surface area contributed by atoms with Crippen molar-refractivity contribution in [3.63, 3.8) is 0 Å². The largest absolute Gasteiger partial charge is 0.484 e. The van der Waals surface area contributed by atoms with Crippen LogP contribution in [0.4, 0.5) is 0 Å². The minimum atomic E-state index is -0.386. The maximum absolute atomic E-state index is 11.1. The van der Waals surface area contributed by atoms with Crippen molar-refractivity contribution >= 4 is 12.0 Å². The molecule has 7 heteroatoms. The molecule has 150 valence electrons. The summed E-state index contributed by atoms with van der Waals surface area (Å²) in [4.78, 5) is 18.1. The summed E-state index contributed by atoms with van der Waals surface area (Å²) in [6.45, 7) is 5.80. The van der Waals surface area contributed by atoms with Crippen molar-refractivity contribution in [2.24, 2.45) is 0 Å². The summed E-state index contributed by atoms with van der Waals surface area (Å²) < 4.78 is 15.6. The molecule has 28 heavy (non-hydrogen) atoms. The topological polar surface area (TPSA) is 77.7 Å². The lowest BCUT2D eigenvalue weighted by Gasteiger charge is -2.30. The summed E-state index contributed by atoms with van der Waals surface area (Å²) in [6, 6.07) is 7.38. The highest BCUT2D eigenvalue weighted by Gasteiger charge is 2.24. The summed E-state index contributed by atoms with van der Waals surface area (Å²) in [7, 11) is 1.35. The molecule has 7 nitrogen and oxygen atoms in total. The van der Waals surface area contributed by atoms with Gasteiger partial charge in [0.2, 0.25) is 0 Å². The highest BCUT2D eigenvalue weighted by molar-refractivity contribution is 5.86. The van der Waals surface area contributed by atoms with Gasteiger partial charge in [0.15, 0.2) is 12.4 Å². The molecule has 1 fully saturated rings. The van der Waals surface area contributed by atoms with Gasteiger partial charge in [0, 0.05) is 12.0 Å². The van der Waals surface area contributed by atoms with Gasteiger partial charge in [0.05, 0.1) is 7.11 Å². The van der Waals surface area contributed by atoms with Crippen molar-refractivity contribution < 1.29 is 18.8 Å². The zero-order valence-electron chi connectivity index (χ0n) is 16.5. The van der Waals surface area contributed by atoms with Gasteiger partial charge in [-0.25, -0.2) is 4.79 Å². The minimum absolute atomic E-state index is 0.235. The van der Waals surface area contributed by atoms with Crippen LogP contribution in [0.3, 0.4) is 0 Å². The van der Waals surface area contributed by atoms with Gasteiger partial charge in [0.1, 0.15) is 5.75 Å². The molecule has 1 saturated heterocycles. The number of carbonyl (C=O) groups is 1. The number of esters is 1. The third-order valence-electron chi connectivity index (χ3n) is 4.83. The van der Waals surface area contributed by atoms with E-state index in [1.165, 1.54) is 19.6 Å². The van der Waals surface area contributed by atoms with E-state index in [-0.39, 0.29) is 12.6 Å². The van der Waals surface area contributed by atoms with Crippen LogP contribution in [-0.2, 0) is 16.1 Å². The van der Waals surface area contributed by atoms with Crippen molar-refractivity contribution in [2.75, 3.05) is 26.7 Å². The summed E-state index contributed by atoms with van der Waals surface area (Å²) >= 11 is 0. The van der Waals surface area contributed by atoms with Crippen LogP contribution in [-0.4, -0.2) is 47.8 Å². The fraction of sp³-hybridized carbons (Fsp3) is 0.476. The smallest absolute Gasteiger partial charge is 0.330 e. The Morgan fingerprint density at radius 2 is 2.04 bits per heavy atom. The molecule has 1 aliphatic rings. The van der Waals surface area contributed by atoms with E-state index in [0.717, 1.165) is 43.9 Å². The van der Waals surface area contributed by atoms with Crippen LogP contribution >= 0.6 is 0 Å². The summed E-state index contributed by atoms with van der Waals surface area (Å²) in [6.07, 6.45) is 6.39. The number of aromatic nitrogens is 2. The highest BCUT2D eigenvalue weighted by Crippen LogP contribution is 2.26. The fourth-order valence-corrected chi connectivity index (χ4v) is 3.28. The molecule has 3 rings (SSSR count). The molecular weight excluding hydrogens is 358 g/mol. The molecule has 1 aliphatic heterocycles. The molecule has 0 radical (unpaired) electrons. The summed E-state index contributed by atoms with van der Waals surface area (Å²) in [5.41, 5.74) is 0.882. The molecule has 2 heterocycles. The van der Waals surface area contributed by atoms with E-state index >= 15 is 0 Å². The number of hydrogen-bond acceptors (Lipinski definition) is 7. The van der Waals surface area contributed by atoms with Crippen LogP contribution in [0.5, 0.6) is 5.75 Å². The van der Waals surface area contributed by atoms with Crippen molar-refractivity contribution in [3.8, 4) is 5.75 Å². The normalized spacial score (nSPS) is 15.8. The molecule has 0 saturated carbocycles. The SMILES string of the molecule is CCCN1CCC(c2noc(COc3ccc(C=CC(=O)OC)cc3)n2)CC1. The fourth-order valence-electron chi connectivity index (χ4n) is 3.28. The maximum atomic E-state index is 11.1. The van der Waals surface area contributed by atoms with Crippen molar-refractivity contribution in [3.05, 3.63) is 47.6 Å². The number of nitrogens with zero attached hydrogens (tertiary/aromatic N) is 3. The van der Waals surface area contributed by atoms with E-state index in [4.69, 9.17) is 9.26 Å². The summed E-state index contributed by atoms with van der Waals surface area (Å²) in [5.74, 6) is 1.96. The lowest BCUT2D eigenvalue weighted by atomic mass is 9.96. The van der Waals surface area contributed by atoms with Crippen molar-refractivity contribution in [1.29, 1.82) is 0 Å². The minimum Gasteiger partial charge on any atom is -0.484 e. The Morgan fingerprint density at radius 1 is 1.29 bits per heavy atom. The van der Waals surface area contributed by atoms with Crippen LogP contribution in [0, 0.1) is 0 Å². The van der Waals surface area contributed by atoms with E-state index in [2.05, 4.69) is 26.7 Å². The molecule has 0 unspecified atom stereocenters. The number of benzene rings is 1. The van der Waals surface area contributed by atoms with Gasteiger partial charge in [-0.05, 0) is 62.7 Å². The van der Waals surface area contributed by atoms with Crippen LogP contribution in [0.15, 0.2) is 34.9 Å². The van der Waals surface area contributed by atoms with E-state index < -0.39 is 0 Å². The summed E-state index contributed by atoms with van der Waals surface area (Å²) in [5, 5.41) is 4.15. The molecular formula is C21H27N3O4. The van der Waals surface area contributed by atoms with Crippen LogP contribution in [0.25, 0.3) is 6.08 Å². The van der Waals surface area contributed by atoms with Crippen molar-refractivity contribution in [2.45, 2.75) is 38.7 Å². The number of piperidine rings is 1. The first-order valence-corrected chi connectivity index (χ1v) is 9.71. The van der Waals surface area contributed by atoms with Gasteiger partial charge in [-0.15, -0.1) is 0 Å². The van der Waals surface area contributed by atoms with Gasteiger partial charge in [-0.2, -0.15) is 4.98 Å². The molecule has 0 amide bonds. The zero-order chi connectivity index (χ0) is 19.8. The number of rotatable bonds is 8. The lowest BCUT2D eigenvalue weighted by molar-refractivity contribution is -0.134. The Kier molecular flexibility index (Phi) is 7.19. The predicted molar refractivity (Wildman–Crippen MR) is 105 cm³/mol. The van der Waals surface area contributed by atoms with Crippen LogP contribution in [0.1, 0.15) is 49.4 Å². The lowest BCUT2D eigenvalue weighted by Crippen LogP contribution is -2.33. The third kappa shape index (κ3) is 5.66. The first-order valence-electron chi connectivity index (χ1n) is 9.71. The van der Waals surface area contributed by atoms with Gasteiger partial charge in [0.25, 0.3) is 5.89 Å². The Hall–Kier alpha value is -2.67. The van der Waals surface area contributed by atoms with Crippen LogP contribution in [0.2, 0.25) is 0 Å². The molecule has 0 bridgehead atoms. The Balaban J connectivity index is 1.48. The zero-order valence-corrected chi connectivity index (χ0v) is 16.5. The Labute approximate surface area is 165 Å². The molecule has 0 spiro atoms. The molecule has 0 atom stereocenters. The Bertz CT molecular complexity index is 777. The first-order chi connectivity index (χ1) is 13.7. The van der Waals surface area contributed by atoms with E-state index in [9.17, 15) is 4.79 Å². The second kappa shape index (κ2) is 10.0. The number of likely N-dealkylation sites (tertiary alicyclic amines) is 1. The predicted octanol–water partition coefficient (Wildman–Crippen LogP) is 3.42. The number of ether oxygens (including phenoxy) is 2. The number of hydrogen-bond donors (Lipinski definition) is 0. The second-order valence-electron chi connectivity index (χ2n) is 6.88. The quantitative estimate of drug-likeness (QED) is 0.509. The Morgan fingerprint density at radius 3 is 2.71 bits per heavy atom. The maximum Gasteiger partial charge on any atom is 0.330 e. The highest BCUT2D eigenvalue weighted by atomic mass is 16.5. The van der Waals surface area contributed by atoms with E-state index in [0.29, 0.717) is 17.6 Å². The number of carbonyl (C=O) groups excluding carboxylic acids is 1. The van der Waals surface area contributed by atoms with Gasteiger partial charge in [-0.3, -0.25) is 0 Å². The first kappa shape index (κ1) is 20.1. The van der Waals surface area contributed by atoms with Gasteiger partial charge >= 0.3 is 5.97 Å². The molecule has 0 aliphatic carbocycles. The second-order valence-corrected chi connectivity index (χ2v) is 6.88. The van der Waals surface area contributed by atoms with Crippen LogP contribution < -0.4 is 4.74 Å². The molecule has 1 aromatic carbocycles. The average molecular weight is 385 g/mol. The monoisotopic (exact) mass is 385 g/mol. The van der Waals surface area contributed by atoms with Gasteiger partial charge in [-0.1, -0.05) is 24.2 Å². The molecule has 0 N–H and O–H groups in total. The average Bonchev–Trinajstić information content (AvgIpc) is 3.21. The van der Waals surface area contributed by atoms with E-state index in [1.54, 1.807) is 6.08 Å². The standard InChI is InChI=1S/C21H27N3O4/c1-3-12-24-13-10-17(11-14-24)21-22-19(28-23-21)15-27-18-7-4-16(5-8-18)6-9-20(25)26-2/h4-9,17H,3,10-15H2,1-2H3. The molecule has 1 aromatic heterocycles. The van der Waals surface area contributed by atoms with Gasteiger partial charge < -0.3 is 18.9 Å². The third-order valence-corrected chi connectivity index (χ3v) is 4.83. The van der Waals surface area contributed by atoms with Crippen molar-refractivity contribution in [1.82, 2.24) is 15.0 Å². The number of methoxy groups -OCH3 is 1. The molecule has 2 aromatic rings.